The van der Waals surface area contributed by atoms with Crippen LogP contribution in [0.25, 0.3) is 0 Å². The maximum absolute atomic E-state index is 4.33. The molecular weight excluding hydrogens is 275 g/mol. The van der Waals surface area contributed by atoms with Crippen LogP contribution in [0, 0.1) is 0 Å². The summed E-state index contributed by atoms with van der Waals surface area (Å²) in [6.07, 6.45) is 0. The van der Waals surface area contributed by atoms with Crippen molar-refractivity contribution in [1.82, 2.24) is 0 Å². The van der Waals surface area contributed by atoms with E-state index >= 15 is 0 Å². The standard InChI is InChI=1S/3CNS.Ru/c3*2-1-3;/q3*-1;+3. The summed E-state index contributed by atoms with van der Waals surface area (Å²) in [6.45, 7) is 0. The van der Waals surface area contributed by atoms with E-state index in [-0.39, 0.29) is 0 Å². The molecule has 0 aliphatic rings. The van der Waals surface area contributed by atoms with Gasteiger partial charge in [0.1, 0.15) is 0 Å². The Morgan fingerprint density at radius 2 is 1.10 bits per heavy atom. The molecule has 0 fully saturated rings. The Morgan fingerprint density at radius 1 is 0.800 bits per heavy atom. The molecule has 7 heteroatoms. The van der Waals surface area contributed by atoms with Gasteiger partial charge in [0.2, 0.25) is 0 Å². The topological polar surface area (TPSA) is 37.1 Å². The van der Waals surface area contributed by atoms with Crippen LogP contribution < -0.4 is 0 Å². The summed E-state index contributed by atoms with van der Waals surface area (Å²) in [4.78, 5) is 0. The van der Waals surface area contributed by atoms with E-state index in [0.717, 1.165) is 0 Å². The van der Waals surface area contributed by atoms with Gasteiger partial charge in [-0.15, -0.1) is 0 Å². The molecule has 0 heterocycles. The number of nitrogens with zero attached hydrogens (tertiary/aromatic N) is 3. The van der Waals surface area contributed by atoms with Crippen LogP contribution in [0.1, 0.15) is 0 Å². The van der Waals surface area contributed by atoms with Crippen molar-refractivity contribution >= 4 is 52.1 Å². The first-order valence-corrected chi connectivity index (χ1v) is 5.31. The van der Waals surface area contributed by atoms with E-state index in [9.17, 15) is 0 Å². The Bertz CT molecular complexity index is 203. The summed E-state index contributed by atoms with van der Waals surface area (Å²) in [6, 6.07) is 0. The molecule has 0 spiro atoms. The van der Waals surface area contributed by atoms with Crippen molar-refractivity contribution in [3.05, 3.63) is 0 Å². The summed E-state index contributed by atoms with van der Waals surface area (Å²) in [5, 5.41) is 6.45. The van der Waals surface area contributed by atoms with E-state index in [0.29, 0.717) is 0 Å². The van der Waals surface area contributed by atoms with Gasteiger partial charge < -0.3 is 0 Å². The molecule has 0 aromatic heterocycles. The molecule has 3 nitrogen and oxygen atoms in total. The summed E-state index contributed by atoms with van der Waals surface area (Å²) in [7, 11) is 0. The quantitative estimate of drug-likeness (QED) is 0.446. The third-order valence-corrected chi connectivity index (χ3v) is 2.97. The van der Waals surface area contributed by atoms with Crippen molar-refractivity contribution < 1.29 is 16.7 Å². The number of hydrogen-bond donors (Lipinski definition) is 0. The number of thiocarbonyl (C=S) groups is 3. The second kappa shape index (κ2) is 7.13. The zero-order valence-electron chi connectivity index (χ0n) is 4.42. The van der Waals surface area contributed by atoms with E-state index in [2.05, 4.69) is 63.3 Å². The molecule has 0 unspecified atom stereocenters. The minimum atomic E-state index is -2.04. The van der Waals surface area contributed by atoms with Gasteiger partial charge in [-0.2, -0.15) is 0 Å². The first-order chi connectivity index (χ1) is 4.85. The van der Waals surface area contributed by atoms with Crippen LogP contribution >= 0.6 is 36.7 Å². The molecule has 0 aliphatic carbocycles. The van der Waals surface area contributed by atoms with Gasteiger partial charge >= 0.3 is 80.0 Å². The molecular formula is C3N3RuS3. The van der Waals surface area contributed by atoms with Crippen LogP contribution in [0.3, 0.4) is 0 Å². The van der Waals surface area contributed by atoms with E-state index in [1.165, 1.54) is 0 Å². The fraction of sp³-hybridized carbons (Fsp3) is 0. The number of hydrogen-bond acceptors (Lipinski definition) is 6. The van der Waals surface area contributed by atoms with Crippen molar-refractivity contribution in [2.45, 2.75) is 0 Å². The van der Waals surface area contributed by atoms with Gasteiger partial charge in [0.15, 0.2) is 0 Å². The van der Waals surface area contributed by atoms with Crippen molar-refractivity contribution in [2.24, 2.45) is 11.2 Å². The first kappa shape index (κ1) is 10.0. The van der Waals surface area contributed by atoms with Gasteiger partial charge in [-0.1, -0.05) is 0 Å². The third-order valence-electron chi connectivity index (χ3n) is 0.309. The van der Waals surface area contributed by atoms with Crippen molar-refractivity contribution in [3.63, 3.8) is 0 Å². The molecule has 53 valence electrons. The molecule has 0 bridgehead atoms. The Morgan fingerprint density at radius 3 is 1.30 bits per heavy atom. The van der Waals surface area contributed by atoms with Gasteiger partial charge in [0.05, 0.1) is 0 Å². The molecule has 0 aliphatic heterocycles. The van der Waals surface area contributed by atoms with E-state index in [1.54, 1.807) is 0 Å². The van der Waals surface area contributed by atoms with Crippen molar-refractivity contribution in [3.8, 4) is 0 Å². The monoisotopic (exact) mass is 276 g/mol. The van der Waals surface area contributed by atoms with Gasteiger partial charge in [-0.05, 0) is 0 Å². The summed E-state index contributed by atoms with van der Waals surface area (Å²) < 4.78 is 10.9. The summed E-state index contributed by atoms with van der Waals surface area (Å²) in [5.41, 5.74) is 0. The molecule has 0 amide bonds. The first-order valence-electron chi connectivity index (χ1n) is 1.76. The normalized spacial score (nSPS) is 7.80. The average Bonchev–Trinajstić information content (AvgIpc) is 1.90. The van der Waals surface area contributed by atoms with Gasteiger partial charge in [0, 0.05) is 0 Å². The van der Waals surface area contributed by atoms with Gasteiger partial charge in [-0.3, -0.25) is 0 Å². The molecule has 0 saturated heterocycles. The molecule has 0 rings (SSSR count). The zero-order chi connectivity index (χ0) is 7.82. The van der Waals surface area contributed by atoms with Crippen LogP contribution in [0.4, 0.5) is 0 Å². The van der Waals surface area contributed by atoms with E-state index in [1.807, 2.05) is 0 Å². The SMILES string of the molecule is S=C=[N][Ru]([N]=C=S)[N]=C=S. The molecule has 0 aromatic carbocycles. The van der Waals surface area contributed by atoms with Crippen LogP contribution in [0.2, 0.25) is 0 Å². The van der Waals surface area contributed by atoms with Crippen molar-refractivity contribution in [2.75, 3.05) is 0 Å². The van der Waals surface area contributed by atoms with Gasteiger partial charge in [0.25, 0.3) is 0 Å². The average molecular weight is 275 g/mol. The van der Waals surface area contributed by atoms with Crippen LogP contribution in [-0.2, 0) is 16.7 Å². The zero-order valence-corrected chi connectivity index (χ0v) is 8.61. The molecule has 0 N–H and O–H groups in total. The second-order valence-electron chi connectivity index (χ2n) is 0.723. The second-order valence-corrected chi connectivity index (χ2v) is 3.48. The molecule has 0 saturated carbocycles. The Labute approximate surface area is 79.7 Å². The molecule has 0 radical (unpaired) electrons. The molecule has 0 atom stereocenters. The Kier molecular flexibility index (Phi) is 7.15. The fourth-order valence-corrected chi connectivity index (χ4v) is 1.85. The molecule has 10 heavy (non-hydrogen) atoms. The fourth-order valence-electron chi connectivity index (χ4n) is 0.140. The van der Waals surface area contributed by atoms with Gasteiger partial charge in [-0.25, -0.2) is 0 Å². The number of isothiocyanates is 3. The van der Waals surface area contributed by atoms with Crippen molar-refractivity contribution in [1.29, 1.82) is 0 Å². The van der Waals surface area contributed by atoms with Crippen LogP contribution in [0.15, 0.2) is 11.2 Å². The predicted octanol–water partition coefficient (Wildman–Crippen LogP) is 1.66. The summed E-state index contributed by atoms with van der Waals surface area (Å²) >= 11 is 11.0. The Hall–Kier alpha value is 0.0234. The molecule has 0 aromatic rings. The van der Waals surface area contributed by atoms with Crippen LogP contribution in [-0.4, -0.2) is 15.5 Å². The Balaban J connectivity index is 4.39. The summed E-state index contributed by atoms with van der Waals surface area (Å²) in [5.74, 6) is 0. The predicted molar refractivity (Wildman–Crippen MR) is 45.1 cm³/mol. The third kappa shape index (κ3) is 4.86. The maximum atomic E-state index is 4.33. The number of rotatable bonds is 3. The minimum absolute atomic E-state index is 2.04. The van der Waals surface area contributed by atoms with Crippen LogP contribution in [0.5, 0.6) is 0 Å². The van der Waals surface area contributed by atoms with E-state index < -0.39 is 16.7 Å². The van der Waals surface area contributed by atoms with E-state index in [4.69, 9.17) is 0 Å².